The number of nitrogens with zero attached hydrogens (tertiary/aromatic N) is 2. The molecule has 0 amide bonds. The maximum atomic E-state index is 10.9. The number of benzene rings is 4. The number of phenolic OH excluding ortho intramolecular Hbond substituents is 2. The quantitative estimate of drug-likeness (QED) is 0.0944. The second kappa shape index (κ2) is 15.1. The van der Waals surface area contributed by atoms with Crippen LogP contribution in [0.5, 0.6) is 23.0 Å². The summed E-state index contributed by atoms with van der Waals surface area (Å²) in [5, 5.41) is 55.9. The van der Waals surface area contributed by atoms with Crippen molar-refractivity contribution in [2.45, 2.75) is 0 Å². The largest absolute Gasteiger partial charge is 0.507 e. The van der Waals surface area contributed by atoms with Crippen molar-refractivity contribution >= 4 is 67.6 Å². The summed E-state index contributed by atoms with van der Waals surface area (Å²) in [6.07, 6.45) is 2.83. The monoisotopic (exact) mass is 734 g/mol. The molecular formula is C28H20Br2N2O8Zn. The van der Waals surface area contributed by atoms with Crippen molar-refractivity contribution in [2.75, 3.05) is 0 Å². The molecule has 4 aromatic rings. The van der Waals surface area contributed by atoms with Gasteiger partial charge < -0.3 is 30.6 Å². The number of aromatic carboxylic acids is 2. The van der Waals surface area contributed by atoms with E-state index in [1.807, 2.05) is 0 Å². The van der Waals surface area contributed by atoms with Crippen LogP contribution in [0.15, 0.2) is 91.7 Å². The number of phenols is 4. The Labute approximate surface area is 263 Å². The van der Waals surface area contributed by atoms with Crippen LogP contribution in [0.25, 0.3) is 0 Å². The SMILES string of the molecule is O=C(O)c1cc(N=Cc2cc(Br)ccc2O)ccc1O.O=C(O)c1cc(N=Cc2cc(Br)ccc2O)ccc1O.[Zn]. The Bertz CT molecular complexity index is 1520. The summed E-state index contributed by atoms with van der Waals surface area (Å²) in [5.41, 5.74) is 1.25. The van der Waals surface area contributed by atoms with Gasteiger partial charge in [0.25, 0.3) is 0 Å². The fraction of sp³-hybridized carbons (Fsp3) is 0. The number of hydrogen-bond donors (Lipinski definition) is 6. The average Bonchev–Trinajstić information content (AvgIpc) is 2.91. The third-order valence-electron chi connectivity index (χ3n) is 5.11. The Morgan fingerprint density at radius 3 is 1.24 bits per heavy atom. The number of aliphatic imine (C=N–C) groups is 2. The molecule has 0 heterocycles. The van der Waals surface area contributed by atoms with E-state index in [0.717, 1.165) is 8.95 Å². The second-order valence-electron chi connectivity index (χ2n) is 7.94. The van der Waals surface area contributed by atoms with Gasteiger partial charge in [-0.15, -0.1) is 0 Å². The molecule has 0 saturated carbocycles. The third kappa shape index (κ3) is 9.52. The van der Waals surface area contributed by atoms with E-state index >= 15 is 0 Å². The first-order valence-electron chi connectivity index (χ1n) is 11.1. The molecule has 0 aliphatic carbocycles. The maximum Gasteiger partial charge on any atom is 0.339 e. The number of halogens is 2. The second-order valence-corrected chi connectivity index (χ2v) is 9.77. The van der Waals surface area contributed by atoms with Crippen molar-refractivity contribution in [1.29, 1.82) is 0 Å². The molecule has 6 N–H and O–H groups in total. The molecule has 0 radical (unpaired) electrons. The molecule has 10 nitrogen and oxygen atoms in total. The molecular weight excluding hydrogens is 718 g/mol. The minimum atomic E-state index is -1.23. The van der Waals surface area contributed by atoms with E-state index in [1.54, 1.807) is 24.3 Å². The summed E-state index contributed by atoms with van der Waals surface area (Å²) < 4.78 is 1.57. The van der Waals surface area contributed by atoms with Crippen LogP contribution in [0.2, 0.25) is 0 Å². The standard InChI is InChI=1S/2C14H10BrNO4.Zn/c2*15-9-1-3-12(17)8(5-9)7-16-10-2-4-13(18)11(6-10)14(19)20;/h2*1-7,17-18H,(H,19,20);. The van der Waals surface area contributed by atoms with Gasteiger partial charge in [0, 0.05) is 52.0 Å². The van der Waals surface area contributed by atoms with Gasteiger partial charge in [0.05, 0.1) is 11.4 Å². The number of rotatable bonds is 6. The maximum absolute atomic E-state index is 10.9. The molecule has 4 aromatic carbocycles. The summed E-state index contributed by atoms with van der Waals surface area (Å²) in [5.74, 6) is -2.97. The van der Waals surface area contributed by atoms with E-state index in [9.17, 15) is 30.0 Å². The number of carboxylic acid groups (broad SMARTS) is 2. The first-order valence-corrected chi connectivity index (χ1v) is 12.7. The molecule has 0 atom stereocenters. The summed E-state index contributed by atoms with van der Waals surface area (Å²) in [4.78, 5) is 29.9. The molecule has 0 spiro atoms. The van der Waals surface area contributed by atoms with Crippen molar-refractivity contribution < 1.29 is 59.7 Å². The van der Waals surface area contributed by atoms with Crippen molar-refractivity contribution in [3.63, 3.8) is 0 Å². The minimum absolute atomic E-state index is 0. The Morgan fingerprint density at radius 2 is 0.902 bits per heavy atom. The summed E-state index contributed by atoms with van der Waals surface area (Å²) in [6.45, 7) is 0. The fourth-order valence-electron chi connectivity index (χ4n) is 3.10. The normalized spacial score (nSPS) is 10.6. The van der Waals surface area contributed by atoms with Gasteiger partial charge >= 0.3 is 11.9 Å². The van der Waals surface area contributed by atoms with E-state index in [1.165, 1.54) is 61.0 Å². The molecule has 206 valence electrons. The van der Waals surface area contributed by atoms with Crippen LogP contribution < -0.4 is 0 Å². The van der Waals surface area contributed by atoms with Gasteiger partial charge in [-0.1, -0.05) is 31.9 Å². The van der Waals surface area contributed by atoms with Gasteiger partial charge in [-0.25, -0.2) is 9.59 Å². The topological polar surface area (TPSA) is 180 Å². The summed E-state index contributed by atoms with van der Waals surface area (Å²) in [7, 11) is 0. The van der Waals surface area contributed by atoms with Gasteiger partial charge in [0.2, 0.25) is 0 Å². The number of carbonyl (C=O) groups is 2. The van der Waals surface area contributed by atoms with Crippen molar-refractivity contribution in [3.05, 3.63) is 104 Å². The Kier molecular flexibility index (Phi) is 12.2. The molecule has 13 heteroatoms. The summed E-state index contributed by atoms with van der Waals surface area (Å²) in [6, 6.07) is 17.8. The molecule has 0 bridgehead atoms. The molecule has 0 saturated heterocycles. The van der Waals surface area contributed by atoms with Crippen molar-refractivity contribution in [1.82, 2.24) is 0 Å². The smallest absolute Gasteiger partial charge is 0.339 e. The number of aromatic hydroxyl groups is 4. The Hall–Kier alpha value is -4.06. The van der Waals surface area contributed by atoms with Crippen LogP contribution in [-0.2, 0) is 19.5 Å². The molecule has 0 unspecified atom stereocenters. The number of carboxylic acids is 2. The molecule has 0 aromatic heterocycles. The van der Waals surface area contributed by atoms with Crippen LogP contribution >= 0.6 is 31.9 Å². The predicted molar refractivity (Wildman–Crippen MR) is 156 cm³/mol. The van der Waals surface area contributed by atoms with E-state index in [-0.39, 0.29) is 53.6 Å². The molecule has 4 rings (SSSR count). The van der Waals surface area contributed by atoms with E-state index in [4.69, 9.17) is 10.2 Å². The van der Waals surface area contributed by atoms with Crippen LogP contribution in [-0.4, -0.2) is 55.0 Å². The van der Waals surface area contributed by atoms with Crippen molar-refractivity contribution in [2.24, 2.45) is 9.98 Å². The van der Waals surface area contributed by atoms with E-state index < -0.39 is 11.9 Å². The van der Waals surface area contributed by atoms with Crippen molar-refractivity contribution in [3.8, 4) is 23.0 Å². The third-order valence-corrected chi connectivity index (χ3v) is 6.09. The molecule has 0 fully saturated rings. The predicted octanol–water partition coefficient (Wildman–Crippen LogP) is 6.62. The Balaban J connectivity index is 0.000000280. The van der Waals surface area contributed by atoms with E-state index in [2.05, 4.69) is 41.8 Å². The van der Waals surface area contributed by atoms with Crippen LogP contribution in [0.4, 0.5) is 11.4 Å². The average molecular weight is 738 g/mol. The number of hydrogen-bond acceptors (Lipinski definition) is 8. The van der Waals surface area contributed by atoms with Gasteiger partial charge in [0.1, 0.15) is 34.1 Å². The zero-order valence-electron chi connectivity index (χ0n) is 20.9. The summed E-state index contributed by atoms with van der Waals surface area (Å²) >= 11 is 6.56. The zero-order chi connectivity index (χ0) is 29.4. The van der Waals surface area contributed by atoms with Gasteiger partial charge in [-0.2, -0.15) is 0 Å². The Morgan fingerprint density at radius 1 is 0.561 bits per heavy atom. The van der Waals surface area contributed by atoms with Gasteiger partial charge in [-0.05, 0) is 72.8 Å². The first-order chi connectivity index (χ1) is 18.9. The minimum Gasteiger partial charge on any atom is -0.507 e. The van der Waals surface area contributed by atoms with Gasteiger partial charge in [0.15, 0.2) is 0 Å². The van der Waals surface area contributed by atoms with Crippen LogP contribution in [0.3, 0.4) is 0 Å². The van der Waals surface area contributed by atoms with Crippen LogP contribution in [0, 0.1) is 0 Å². The van der Waals surface area contributed by atoms with E-state index in [0.29, 0.717) is 22.5 Å². The zero-order valence-corrected chi connectivity index (χ0v) is 27.1. The fourth-order valence-corrected chi connectivity index (χ4v) is 3.85. The molecule has 0 aliphatic heterocycles. The van der Waals surface area contributed by atoms with Gasteiger partial charge in [-0.3, -0.25) is 9.98 Å². The van der Waals surface area contributed by atoms with Crippen LogP contribution in [0.1, 0.15) is 31.8 Å². The molecule has 41 heavy (non-hydrogen) atoms. The first kappa shape index (κ1) is 33.2. The molecule has 0 aliphatic rings.